The molecule has 0 bridgehead atoms. The molecule has 0 saturated heterocycles. The third-order valence-electron chi connectivity index (χ3n) is 3.39. The van der Waals surface area contributed by atoms with E-state index in [1.165, 1.54) is 12.4 Å². The standard InChI is InChI=1S/C17H14F2N4/c18-12-8-15(19)14(10-20)16(9-12)23(13-4-2-1-3-5-13)17-6-7-21-11-22-17/h1-9,11H,10,20H2. The summed E-state index contributed by atoms with van der Waals surface area (Å²) in [6.07, 6.45) is 2.94. The van der Waals surface area contributed by atoms with Gasteiger partial charge in [-0.15, -0.1) is 0 Å². The molecule has 0 aliphatic carbocycles. The van der Waals surface area contributed by atoms with Gasteiger partial charge in [-0.1, -0.05) is 18.2 Å². The van der Waals surface area contributed by atoms with Crippen molar-refractivity contribution in [3.8, 4) is 0 Å². The lowest BCUT2D eigenvalue weighted by atomic mass is 10.1. The monoisotopic (exact) mass is 312 g/mol. The summed E-state index contributed by atoms with van der Waals surface area (Å²) in [6, 6.07) is 12.9. The van der Waals surface area contributed by atoms with Crippen LogP contribution in [0, 0.1) is 11.6 Å². The fourth-order valence-corrected chi connectivity index (χ4v) is 2.38. The molecule has 2 N–H and O–H groups in total. The van der Waals surface area contributed by atoms with Gasteiger partial charge in [0, 0.05) is 30.1 Å². The second-order valence-corrected chi connectivity index (χ2v) is 4.83. The summed E-state index contributed by atoms with van der Waals surface area (Å²) in [5.41, 5.74) is 6.92. The van der Waals surface area contributed by atoms with Crippen molar-refractivity contribution in [2.24, 2.45) is 5.73 Å². The first-order chi connectivity index (χ1) is 11.2. The highest BCUT2D eigenvalue weighted by atomic mass is 19.1. The van der Waals surface area contributed by atoms with Crippen LogP contribution < -0.4 is 10.6 Å². The van der Waals surface area contributed by atoms with E-state index in [0.717, 1.165) is 6.07 Å². The van der Waals surface area contributed by atoms with Gasteiger partial charge in [-0.3, -0.25) is 4.90 Å². The maximum atomic E-state index is 14.1. The van der Waals surface area contributed by atoms with Crippen molar-refractivity contribution in [2.45, 2.75) is 6.54 Å². The van der Waals surface area contributed by atoms with Crippen LogP contribution in [0.3, 0.4) is 0 Å². The van der Waals surface area contributed by atoms with Crippen LogP contribution in [0.1, 0.15) is 5.56 Å². The molecule has 0 aliphatic heterocycles. The Kier molecular flexibility index (Phi) is 4.25. The third kappa shape index (κ3) is 3.02. The first-order valence-electron chi connectivity index (χ1n) is 7.00. The normalized spacial score (nSPS) is 10.6. The summed E-state index contributed by atoms with van der Waals surface area (Å²) in [4.78, 5) is 9.73. The molecule has 6 heteroatoms. The second-order valence-electron chi connectivity index (χ2n) is 4.83. The smallest absolute Gasteiger partial charge is 0.140 e. The average molecular weight is 312 g/mol. The van der Waals surface area contributed by atoms with Crippen LogP contribution in [0.2, 0.25) is 0 Å². The fraction of sp³-hybridized carbons (Fsp3) is 0.0588. The molecule has 0 atom stereocenters. The molecule has 4 nitrogen and oxygen atoms in total. The van der Waals surface area contributed by atoms with Crippen LogP contribution in [0.15, 0.2) is 61.1 Å². The number of nitrogens with zero attached hydrogens (tertiary/aromatic N) is 3. The molecule has 0 spiro atoms. The number of nitrogens with two attached hydrogens (primary N) is 1. The van der Waals surface area contributed by atoms with Crippen molar-refractivity contribution < 1.29 is 8.78 Å². The summed E-state index contributed by atoms with van der Waals surface area (Å²) in [6.45, 7) is -0.0597. The maximum absolute atomic E-state index is 14.1. The molecule has 0 unspecified atom stereocenters. The molecule has 0 aliphatic rings. The van der Waals surface area contributed by atoms with Crippen molar-refractivity contribution in [3.63, 3.8) is 0 Å². The number of aromatic nitrogens is 2. The van der Waals surface area contributed by atoms with Crippen LogP contribution >= 0.6 is 0 Å². The zero-order valence-corrected chi connectivity index (χ0v) is 12.2. The maximum Gasteiger partial charge on any atom is 0.140 e. The summed E-state index contributed by atoms with van der Waals surface area (Å²) >= 11 is 0. The van der Waals surface area contributed by atoms with E-state index < -0.39 is 11.6 Å². The van der Waals surface area contributed by atoms with E-state index in [4.69, 9.17) is 5.73 Å². The van der Waals surface area contributed by atoms with Crippen molar-refractivity contribution in [3.05, 3.63) is 78.3 Å². The van der Waals surface area contributed by atoms with Gasteiger partial charge in [0.05, 0.1) is 5.69 Å². The van der Waals surface area contributed by atoms with Gasteiger partial charge in [0.2, 0.25) is 0 Å². The van der Waals surface area contributed by atoms with Crippen molar-refractivity contribution in [1.82, 2.24) is 9.97 Å². The van der Waals surface area contributed by atoms with Crippen molar-refractivity contribution in [2.75, 3.05) is 4.90 Å². The Morgan fingerprint density at radius 3 is 2.48 bits per heavy atom. The predicted molar refractivity (Wildman–Crippen MR) is 84.5 cm³/mol. The predicted octanol–water partition coefficient (Wildman–Crippen LogP) is 3.68. The number of hydrogen-bond donors (Lipinski definition) is 1. The summed E-state index contributed by atoms with van der Waals surface area (Å²) < 4.78 is 27.9. The molecular formula is C17H14F2N4. The van der Waals surface area contributed by atoms with Gasteiger partial charge >= 0.3 is 0 Å². The van der Waals surface area contributed by atoms with E-state index >= 15 is 0 Å². The highest BCUT2D eigenvalue weighted by molar-refractivity contribution is 5.76. The molecular weight excluding hydrogens is 298 g/mol. The molecule has 3 aromatic rings. The molecule has 23 heavy (non-hydrogen) atoms. The van der Waals surface area contributed by atoms with E-state index in [9.17, 15) is 8.78 Å². The summed E-state index contributed by atoms with van der Waals surface area (Å²) in [5.74, 6) is -0.868. The van der Waals surface area contributed by atoms with Crippen LogP contribution in [0.4, 0.5) is 26.0 Å². The Bertz CT molecular complexity index is 755. The van der Waals surface area contributed by atoms with Gasteiger partial charge in [0.15, 0.2) is 0 Å². The van der Waals surface area contributed by atoms with E-state index in [0.29, 0.717) is 17.2 Å². The first-order valence-corrected chi connectivity index (χ1v) is 7.00. The fourth-order valence-electron chi connectivity index (χ4n) is 2.38. The molecule has 0 radical (unpaired) electrons. The molecule has 0 saturated carbocycles. The Balaban J connectivity index is 2.25. The van der Waals surface area contributed by atoms with Gasteiger partial charge in [-0.05, 0) is 24.3 Å². The molecule has 116 valence electrons. The van der Waals surface area contributed by atoms with Crippen LogP contribution in [0.25, 0.3) is 0 Å². The minimum atomic E-state index is -0.683. The molecule has 3 rings (SSSR count). The lowest BCUT2D eigenvalue weighted by Crippen LogP contribution is -2.16. The van der Waals surface area contributed by atoms with Crippen molar-refractivity contribution >= 4 is 17.2 Å². The highest BCUT2D eigenvalue weighted by Crippen LogP contribution is 2.36. The van der Waals surface area contributed by atoms with E-state index in [-0.39, 0.29) is 12.1 Å². The second kappa shape index (κ2) is 6.50. The Morgan fingerprint density at radius 1 is 1.04 bits per heavy atom. The lowest BCUT2D eigenvalue weighted by molar-refractivity contribution is 0.573. The molecule has 1 heterocycles. The summed E-state index contributed by atoms with van der Waals surface area (Å²) in [5, 5.41) is 0. The highest BCUT2D eigenvalue weighted by Gasteiger charge is 2.20. The zero-order valence-electron chi connectivity index (χ0n) is 12.2. The van der Waals surface area contributed by atoms with Gasteiger partial charge in [-0.2, -0.15) is 0 Å². The van der Waals surface area contributed by atoms with E-state index in [1.807, 2.05) is 30.3 Å². The van der Waals surface area contributed by atoms with Crippen LogP contribution in [-0.2, 0) is 6.54 Å². The Morgan fingerprint density at radius 2 is 1.83 bits per heavy atom. The van der Waals surface area contributed by atoms with E-state index in [1.54, 1.807) is 17.2 Å². The van der Waals surface area contributed by atoms with Gasteiger partial charge in [-0.25, -0.2) is 18.7 Å². The van der Waals surface area contributed by atoms with Gasteiger partial charge in [0.1, 0.15) is 23.8 Å². The van der Waals surface area contributed by atoms with Gasteiger partial charge < -0.3 is 5.73 Å². The zero-order chi connectivity index (χ0) is 16.2. The number of para-hydroxylation sites is 1. The third-order valence-corrected chi connectivity index (χ3v) is 3.39. The Labute approximate surface area is 132 Å². The lowest BCUT2D eigenvalue weighted by Gasteiger charge is -2.26. The average Bonchev–Trinajstić information content (AvgIpc) is 2.57. The molecule has 1 aromatic heterocycles. The number of benzene rings is 2. The van der Waals surface area contributed by atoms with Gasteiger partial charge in [0.25, 0.3) is 0 Å². The molecule has 2 aromatic carbocycles. The minimum absolute atomic E-state index is 0.0597. The topological polar surface area (TPSA) is 55.0 Å². The summed E-state index contributed by atoms with van der Waals surface area (Å²) in [7, 11) is 0. The van der Waals surface area contributed by atoms with Crippen LogP contribution in [0.5, 0.6) is 0 Å². The van der Waals surface area contributed by atoms with E-state index in [2.05, 4.69) is 9.97 Å². The minimum Gasteiger partial charge on any atom is -0.326 e. The number of anilines is 3. The number of rotatable bonds is 4. The number of hydrogen-bond acceptors (Lipinski definition) is 4. The number of halogens is 2. The SMILES string of the molecule is NCc1c(F)cc(F)cc1N(c1ccccc1)c1ccncn1. The Hall–Kier alpha value is -2.86. The molecule has 0 fully saturated rings. The largest absolute Gasteiger partial charge is 0.326 e. The van der Waals surface area contributed by atoms with Crippen LogP contribution in [-0.4, -0.2) is 9.97 Å². The quantitative estimate of drug-likeness (QED) is 0.798. The van der Waals surface area contributed by atoms with Crippen molar-refractivity contribution in [1.29, 1.82) is 0 Å². The first kappa shape index (κ1) is 15.1. The molecule has 0 amide bonds.